The second kappa shape index (κ2) is 8.09. The molecule has 4 nitrogen and oxygen atoms in total. The van der Waals surface area contributed by atoms with E-state index in [1.807, 2.05) is 0 Å². The monoisotopic (exact) mass is 331 g/mol. The molecule has 0 heterocycles. The molecule has 0 saturated heterocycles. The zero-order chi connectivity index (χ0) is 17.5. The minimum atomic E-state index is -2.86. The fourth-order valence-corrected chi connectivity index (χ4v) is 2.06. The predicted octanol–water partition coefficient (Wildman–Crippen LogP) is 2.86. The Morgan fingerprint density at radius 1 is 1.08 bits per heavy atom. The molecule has 1 amide bonds. The number of carbonyl (C=O) groups excluding carboxylic acids is 1. The van der Waals surface area contributed by atoms with Crippen LogP contribution in [0.4, 0.5) is 8.78 Å². The summed E-state index contributed by atoms with van der Waals surface area (Å²) in [5.41, 5.74) is 7.20. The summed E-state index contributed by atoms with van der Waals surface area (Å²) in [4.78, 5) is 11.3. The molecule has 0 aromatic heterocycles. The fourth-order valence-electron chi connectivity index (χ4n) is 2.06. The highest BCUT2D eigenvalue weighted by molar-refractivity contribution is 5.80. The number of primary amides is 1. The minimum absolute atomic E-state index is 0.0712. The molecular weight excluding hydrogens is 316 g/mol. The first-order chi connectivity index (χ1) is 11.5. The van der Waals surface area contributed by atoms with Crippen LogP contribution in [0, 0.1) is 11.8 Å². The molecule has 124 valence electrons. The average Bonchev–Trinajstić information content (AvgIpc) is 2.54. The van der Waals surface area contributed by atoms with Gasteiger partial charge in [-0.05, 0) is 42.0 Å². The van der Waals surface area contributed by atoms with E-state index in [0.29, 0.717) is 16.7 Å². The SMILES string of the molecule is COC(C(N)=O)c1cccc(C#Cc2ccc(OC(F)F)cc2)c1. The van der Waals surface area contributed by atoms with Crippen LogP contribution in [0.15, 0.2) is 48.5 Å². The number of halogens is 2. The fraction of sp³-hybridized carbons (Fsp3) is 0.167. The summed E-state index contributed by atoms with van der Waals surface area (Å²) in [6, 6.07) is 12.9. The molecule has 2 N–H and O–H groups in total. The van der Waals surface area contributed by atoms with Crippen LogP contribution < -0.4 is 10.5 Å². The van der Waals surface area contributed by atoms with Gasteiger partial charge in [-0.25, -0.2) is 0 Å². The third kappa shape index (κ3) is 4.80. The van der Waals surface area contributed by atoms with Crippen LogP contribution in [0.1, 0.15) is 22.8 Å². The van der Waals surface area contributed by atoms with Crippen LogP contribution in [0.3, 0.4) is 0 Å². The molecule has 0 aliphatic heterocycles. The highest BCUT2D eigenvalue weighted by Crippen LogP contribution is 2.18. The molecule has 6 heteroatoms. The summed E-state index contributed by atoms with van der Waals surface area (Å²) in [6.45, 7) is -2.86. The van der Waals surface area contributed by atoms with Gasteiger partial charge in [-0.2, -0.15) is 8.78 Å². The smallest absolute Gasteiger partial charge is 0.387 e. The molecule has 0 fully saturated rings. The Morgan fingerprint density at radius 2 is 1.75 bits per heavy atom. The number of ether oxygens (including phenoxy) is 2. The highest BCUT2D eigenvalue weighted by Gasteiger charge is 2.16. The number of benzene rings is 2. The quantitative estimate of drug-likeness (QED) is 0.857. The average molecular weight is 331 g/mol. The van der Waals surface area contributed by atoms with E-state index in [9.17, 15) is 13.6 Å². The number of hydrogen-bond donors (Lipinski definition) is 1. The lowest BCUT2D eigenvalue weighted by Crippen LogP contribution is -2.22. The maximum Gasteiger partial charge on any atom is 0.387 e. The third-order valence-corrected chi connectivity index (χ3v) is 3.11. The molecule has 0 saturated carbocycles. The van der Waals surface area contributed by atoms with Crippen LogP contribution >= 0.6 is 0 Å². The van der Waals surface area contributed by atoms with Crippen molar-refractivity contribution in [3.63, 3.8) is 0 Å². The first-order valence-electron chi connectivity index (χ1n) is 6.98. The highest BCUT2D eigenvalue weighted by atomic mass is 19.3. The summed E-state index contributed by atoms with van der Waals surface area (Å²) in [6.07, 6.45) is -0.836. The number of amides is 1. The molecule has 0 spiro atoms. The van der Waals surface area contributed by atoms with Gasteiger partial charge in [0.25, 0.3) is 5.91 Å². The molecule has 1 atom stereocenters. The van der Waals surface area contributed by atoms with Crippen molar-refractivity contribution < 1.29 is 23.0 Å². The normalized spacial score (nSPS) is 11.5. The van der Waals surface area contributed by atoms with Crippen molar-refractivity contribution >= 4 is 5.91 Å². The number of alkyl halides is 2. The van der Waals surface area contributed by atoms with Gasteiger partial charge in [0, 0.05) is 18.2 Å². The van der Waals surface area contributed by atoms with E-state index < -0.39 is 18.6 Å². The van der Waals surface area contributed by atoms with Gasteiger partial charge in [0.2, 0.25) is 0 Å². The van der Waals surface area contributed by atoms with E-state index >= 15 is 0 Å². The van der Waals surface area contributed by atoms with Gasteiger partial charge in [0.05, 0.1) is 0 Å². The molecule has 1 unspecified atom stereocenters. The summed E-state index contributed by atoms with van der Waals surface area (Å²) < 4.78 is 33.5. The second-order valence-electron chi connectivity index (χ2n) is 4.80. The van der Waals surface area contributed by atoms with Gasteiger partial charge >= 0.3 is 6.61 Å². The van der Waals surface area contributed by atoms with E-state index in [0.717, 1.165) is 0 Å². The van der Waals surface area contributed by atoms with Gasteiger partial charge < -0.3 is 15.2 Å². The first kappa shape index (κ1) is 17.4. The van der Waals surface area contributed by atoms with Crippen LogP contribution in [0.25, 0.3) is 0 Å². The minimum Gasteiger partial charge on any atom is -0.435 e. The molecule has 24 heavy (non-hydrogen) atoms. The van der Waals surface area contributed by atoms with Gasteiger partial charge in [0.15, 0.2) is 6.10 Å². The summed E-state index contributed by atoms with van der Waals surface area (Å²) in [5.74, 6) is 5.32. The van der Waals surface area contributed by atoms with Crippen molar-refractivity contribution in [1.82, 2.24) is 0 Å². The third-order valence-electron chi connectivity index (χ3n) is 3.11. The molecule has 2 aromatic carbocycles. The van der Waals surface area contributed by atoms with Gasteiger partial charge in [-0.15, -0.1) is 0 Å². The van der Waals surface area contributed by atoms with E-state index in [1.165, 1.54) is 19.2 Å². The van der Waals surface area contributed by atoms with Gasteiger partial charge in [-0.1, -0.05) is 24.0 Å². The van der Waals surface area contributed by atoms with Crippen molar-refractivity contribution in [1.29, 1.82) is 0 Å². The zero-order valence-electron chi connectivity index (χ0n) is 12.8. The van der Waals surface area contributed by atoms with E-state index in [-0.39, 0.29) is 5.75 Å². The molecule has 2 aromatic rings. The molecule has 0 aliphatic carbocycles. The van der Waals surface area contributed by atoms with Gasteiger partial charge in [-0.3, -0.25) is 4.79 Å². The zero-order valence-corrected chi connectivity index (χ0v) is 12.8. The molecule has 0 aliphatic rings. The molecular formula is C18H15F2NO3. The topological polar surface area (TPSA) is 61.5 Å². The number of carbonyl (C=O) groups is 1. The van der Waals surface area contributed by atoms with E-state index in [2.05, 4.69) is 16.6 Å². The molecule has 0 radical (unpaired) electrons. The maximum atomic E-state index is 12.1. The Balaban J connectivity index is 2.17. The lowest BCUT2D eigenvalue weighted by atomic mass is 10.1. The van der Waals surface area contributed by atoms with Crippen LogP contribution in [0.5, 0.6) is 5.75 Å². The van der Waals surface area contributed by atoms with Crippen molar-refractivity contribution in [3.8, 4) is 17.6 Å². The predicted molar refractivity (Wildman–Crippen MR) is 84.4 cm³/mol. The summed E-state index contributed by atoms with van der Waals surface area (Å²) in [7, 11) is 1.40. The Bertz CT molecular complexity index is 764. The van der Waals surface area contributed by atoms with Crippen LogP contribution in [0.2, 0.25) is 0 Å². The second-order valence-corrected chi connectivity index (χ2v) is 4.80. The summed E-state index contributed by atoms with van der Waals surface area (Å²) in [5, 5.41) is 0. The lowest BCUT2D eigenvalue weighted by Gasteiger charge is -2.11. The number of nitrogens with two attached hydrogens (primary N) is 1. The Morgan fingerprint density at radius 3 is 2.33 bits per heavy atom. The molecule has 2 rings (SSSR count). The first-order valence-corrected chi connectivity index (χ1v) is 6.98. The molecule has 0 bridgehead atoms. The maximum absolute atomic E-state index is 12.1. The Kier molecular flexibility index (Phi) is 5.88. The largest absolute Gasteiger partial charge is 0.435 e. The Hall–Kier alpha value is -2.91. The van der Waals surface area contributed by atoms with Crippen molar-refractivity contribution in [2.45, 2.75) is 12.7 Å². The van der Waals surface area contributed by atoms with Crippen molar-refractivity contribution in [2.24, 2.45) is 5.73 Å². The lowest BCUT2D eigenvalue weighted by molar-refractivity contribution is -0.128. The number of methoxy groups -OCH3 is 1. The van der Waals surface area contributed by atoms with Gasteiger partial charge in [0.1, 0.15) is 5.75 Å². The van der Waals surface area contributed by atoms with Crippen molar-refractivity contribution in [3.05, 3.63) is 65.2 Å². The standard InChI is InChI=1S/C18H15F2NO3/c1-23-16(17(21)22)14-4-2-3-13(11-14)6-5-12-7-9-15(10-8-12)24-18(19)20/h2-4,7-11,16,18H,1H3,(H2,21,22). The Labute approximate surface area is 138 Å². The van der Waals surface area contributed by atoms with Crippen LogP contribution in [-0.2, 0) is 9.53 Å². The van der Waals surface area contributed by atoms with Crippen LogP contribution in [-0.4, -0.2) is 19.6 Å². The van der Waals surface area contributed by atoms with Crippen molar-refractivity contribution in [2.75, 3.05) is 7.11 Å². The number of rotatable bonds is 5. The number of hydrogen-bond acceptors (Lipinski definition) is 3. The summed E-state index contributed by atoms with van der Waals surface area (Å²) >= 11 is 0. The van der Waals surface area contributed by atoms with E-state index in [4.69, 9.17) is 10.5 Å². The van der Waals surface area contributed by atoms with E-state index in [1.54, 1.807) is 36.4 Å².